The smallest absolute Gasteiger partial charge is 0.0721 e. The first-order valence-corrected chi connectivity index (χ1v) is 7.30. The summed E-state index contributed by atoms with van der Waals surface area (Å²) in [5.41, 5.74) is 1.68. The lowest BCUT2D eigenvalue weighted by molar-refractivity contribution is -0.256. The number of hydrogen-bond donors (Lipinski definition) is 0. The zero-order chi connectivity index (χ0) is 17.1. The Morgan fingerprint density at radius 3 is 1.17 bits per heavy atom. The molecule has 118 valence electrons. The number of aromatic carboxylic acids is 2. The highest BCUT2D eigenvalue weighted by Gasteiger charge is 2.17. The van der Waals surface area contributed by atoms with Crippen LogP contribution in [-0.2, 0) is 0 Å². The molecule has 4 nitrogen and oxygen atoms in total. The third-order valence-electron chi connectivity index (χ3n) is 3.77. The Balaban J connectivity index is 2.45. The highest BCUT2D eigenvalue weighted by atomic mass is 16.4. The molecule has 4 heteroatoms. The second-order valence-corrected chi connectivity index (χ2v) is 5.22. The fourth-order valence-corrected chi connectivity index (χ4v) is 2.75. The minimum absolute atomic E-state index is 0.0648. The van der Waals surface area contributed by atoms with Crippen LogP contribution in [0.25, 0.3) is 22.3 Å². The number of carbonyl (C=O) groups is 2. The Kier molecular flexibility index (Phi) is 4.12. The van der Waals surface area contributed by atoms with Crippen molar-refractivity contribution < 1.29 is 19.8 Å². The molecule has 3 aromatic carbocycles. The van der Waals surface area contributed by atoms with Crippen LogP contribution in [0, 0.1) is 0 Å². The normalized spacial score (nSPS) is 10.3. The molecule has 3 rings (SSSR count). The molecule has 0 spiro atoms. The lowest BCUT2D eigenvalue weighted by Crippen LogP contribution is -2.26. The fraction of sp³-hybridized carbons (Fsp3) is 0. The second-order valence-electron chi connectivity index (χ2n) is 5.22. The summed E-state index contributed by atoms with van der Waals surface area (Å²) in [5.74, 6) is -2.73. The van der Waals surface area contributed by atoms with Gasteiger partial charge in [0.25, 0.3) is 0 Å². The second kappa shape index (κ2) is 6.38. The van der Waals surface area contributed by atoms with Crippen LogP contribution in [0.15, 0.2) is 72.8 Å². The minimum atomic E-state index is -1.36. The highest BCUT2D eigenvalue weighted by molar-refractivity contribution is 6.07. The Labute approximate surface area is 138 Å². The van der Waals surface area contributed by atoms with Gasteiger partial charge in [0.15, 0.2) is 0 Å². The number of carbonyl (C=O) groups excluding carboxylic acids is 2. The van der Waals surface area contributed by atoms with Gasteiger partial charge in [0, 0.05) is 11.1 Å². The predicted octanol–water partition coefficient (Wildman–Crippen LogP) is 1.75. The van der Waals surface area contributed by atoms with Gasteiger partial charge < -0.3 is 19.8 Å². The standard InChI is InChI=1S/C20H14O4/c21-19(22)15-11-12-16(20(23)24)18(14-9-5-2-6-10-14)17(15)13-7-3-1-4-8-13/h1-12H,(H,21,22)(H,23,24)/p-2. The first-order chi connectivity index (χ1) is 11.6. The Hall–Kier alpha value is -3.40. The molecule has 0 fully saturated rings. The van der Waals surface area contributed by atoms with Crippen molar-refractivity contribution >= 4 is 11.9 Å². The molecule has 24 heavy (non-hydrogen) atoms. The SMILES string of the molecule is O=C([O-])c1ccc(C(=O)[O-])c(-c2ccccc2)c1-c1ccccc1. The molecule has 0 heterocycles. The van der Waals surface area contributed by atoms with Gasteiger partial charge in [-0.25, -0.2) is 0 Å². The van der Waals surface area contributed by atoms with Crippen molar-refractivity contribution in [1.29, 1.82) is 0 Å². The average Bonchev–Trinajstić information content (AvgIpc) is 2.61. The molecule has 0 aliphatic rings. The van der Waals surface area contributed by atoms with Crippen LogP contribution in [0.2, 0.25) is 0 Å². The van der Waals surface area contributed by atoms with E-state index in [1.54, 1.807) is 60.7 Å². The molecule has 0 amide bonds. The summed E-state index contributed by atoms with van der Waals surface area (Å²) in [6.07, 6.45) is 0. The maximum Gasteiger partial charge on any atom is 0.0721 e. The van der Waals surface area contributed by atoms with Gasteiger partial charge in [-0.3, -0.25) is 0 Å². The number of carboxylic acids is 2. The zero-order valence-electron chi connectivity index (χ0n) is 12.6. The van der Waals surface area contributed by atoms with Crippen molar-refractivity contribution in [1.82, 2.24) is 0 Å². The van der Waals surface area contributed by atoms with E-state index in [1.165, 1.54) is 12.1 Å². The fourth-order valence-electron chi connectivity index (χ4n) is 2.75. The Morgan fingerprint density at radius 2 is 0.875 bits per heavy atom. The Morgan fingerprint density at radius 1 is 0.542 bits per heavy atom. The van der Waals surface area contributed by atoms with Crippen LogP contribution >= 0.6 is 0 Å². The number of benzene rings is 3. The van der Waals surface area contributed by atoms with Gasteiger partial charge in [0.1, 0.15) is 0 Å². The first kappa shape index (κ1) is 15.5. The van der Waals surface area contributed by atoms with E-state index < -0.39 is 11.9 Å². The van der Waals surface area contributed by atoms with Gasteiger partial charge in [0.2, 0.25) is 0 Å². The van der Waals surface area contributed by atoms with Crippen LogP contribution < -0.4 is 10.2 Å². The van der Waals surface area contributed by atoms with Gasteiger partial charge in [0.05, 0.1) is 11.9 Å². The molecular formula is C20H12O4-2. The maximum absolute atomic E-state index is 11.6. The van der Waals surface area contributed by atoms with Crippen LogP contribution in [0.3, 0.4) is 0 Å². The van der Waals surface area contributed by atoms with Gasteiger partial charge >= 0.3 is 0 Å². The van der Waals surface area contributed by atoms with Crippen molar-refractivity contribution in [2.45, 2.75) is 0 Å². The largest absolute Gasteiger partial charge is 0.545 e. The topological polar surface area (TPSA) is 80.3 Å². The lowest BCUT2D eigenvalue weighted by atomic mass is 9.87. The molecule has 3 aromatic rings. The third kappa shape index (κ3) is 2.77. The van der Waals surface area contributed by atoms with Gasteiger partial charge in [-0.1, -0.05) is 72.8 Å². The quantitative estimate of drug-likeness (QED) is 0.734. The predicted molar refractivity (Wildman–Crippen MR) is 86.0 cm³/mol. The summed E-state index contributed by atoms with van der Waals surface area (Å²) in [6, 6.07) is 20.0. The van der Waals surface area contributed by atoms with Crippen molar-refractivity contribution in [2.75, 3.05) is 0 Å². The van der Waals surface area contributed by atoms with Crippen LogP contribution in [0.5, 0.6) is 0 Å². The Bertz CT molecular complexity index is 823. The molecule has 0 unspecified atom stereocenters. The molecule has 0 aromatic heterocycles. The average molecular weight is 316 g/mol. The van der Waals surface area contributed by atoms with Crippen molar-refractivity contribution in [2.24, 2.45) is 0 Å². The molecule has 0 atom stereocenters. The molecule has 0 saturated heterocycles. The van der Waals surface area contributed by atoms with Crippen molar-refractivity contribution in [3.63, 3.8) is 0 Å². The number of hydrogen-bond acceptors (Lipinski definition) is 4. The monoisotopic (exact) mass is 316 g/mol. The van der Waals surface area contributed by atoms with E-state index in [9.17, 15) is 19.8 Å². The van der Waals surface area contributed by atoms with Gasteiger partial charge in [-0.2, -0.15) is 0 Å². The van der Waals surface area contributed by atoms with E-state index in [0.29, 0.717) is 22.3 Å². The molecule has 0 aliphatic heterocycles. The van der Waals surface area contributed by atoms with E-state index in [-0.39, 0.29) is 11.1 Å². The first-order valence-electron chi connectivity index (χ1n) is 7.30. The summed E-state index contributed by atoms with van der Waals surface area (Å²) in [7, 11) is 0. The third-order valence-corrected chi connectivity index (χ3v) is 3.77. The molecule has 0 radical (unpaired) electrons. The number of carboxylic acid groups (broad SMARTS) is 2. The van der Waals surface area contributed by atoms with Crippen LogP contribution in [0.1, 0.15) is 20.7 Å². The molecule has 0 N–H and O–H groups in total. The summed E-state index contributed by atoms with van der Waals surface area (Å²) in [6.45, 7) is 0. The van der Waals surface area contributed by atoms with E-state index in [0.717, 1.165) is 0 Å². The number of rotatable bonds is 4. The summed E-state index contributed by atoms with van der Waals surface area (Å²) >= 11 is 0. The van der Waals surface area contributed by atoms with Crippen LogP contribution in [0.4, 0.5) is 0 Å². The zero-order valence-corrected chi connectivity index (χ0v) is 12.6. The summed E-state index contributed by atoms with van der Waals surface area (Å²) in [5, 5.41) is 23.2. The van der Waals surface area contributed by atoms with E-state index in [1.807, 2.05) is 0 Å². The van der Waals surface area contributed by atoms with Gasteiger partial charge in [-0.15, -0.1) is 0 Å². The van der Waals surface area contributed by atoms with Crippen LogP contribution in [-0.4, -0.2) is 11.9 Å². The molecular weight excluding hydrogens is 304 g/mol. The highest BCUT2D eigenvalue weighted by Crippen LogP contribution is 2.37. The van der Waals surface area contributed by atoms with Gasteiger partial charge in [-0.05, 0) is 22.3 Å². The van der Waals surface area contributed by atoms with E-state index in [4.69, 9.17) is 0 Å². The maximum atomic E-state index is 11.6. The summed E-state index contributed by atoms with van der Waals surface area (Å²) in [4.78, 5) is 23.2. The molecule has 0 saturated carbocycles. The van der Waals surface area contributed by atoms with E-state index in [2.05, 4.69) is 0 Å². The molecule has 0 aliphatic carbocycles. The van der Waals surface area contributed by atoms with E-state index >= 15 is 0 Å². The van der Waals surface area contributed by atoms with Crippen molar-refractivity contribution in [3.8, 4) is 22.3 Å². The molecule has 0 bridgehead atoms. The van der Waals surface area contributed by atoms with Crippen molar-refractivity contribution in [3.05, 3.63) is 83.9 Å². The summed E-state index contributed by atoms with van der Waals surface area (Å²) < 4.78 is 0. The lowest BCUT2D eigenvalue weighted by Gasteiger charge is -2.20. The minimum Gasteiger partial charge on any atom is -0.545 e.